The van der Waals surface area contributed by atoms with Crippen LogP contribution in [0.2, 0.25) is 0 Å². The Labute approximate surface area is 146 Å². The zero-order chi connectivity index (χ0) is 18.4. The number of carbonyl (C=O) groups is 2. The average Bonchev–Trinajstić information content (AvgIpc) is 2.57. The topological polar surface area (TPSA) is 84.9 Å². The molecular weight excluding hydrogens is 322 g/mol. The number of carboxylic acid groups (broad SMARTS) is 1. The quantitative estimate of drug-likeness (QED) is 0.754. The summed E-state index contributed by atoms with van der Waals surface area (Å²) in [6.45, 7) is 4.47. The zero-order valence-corrected chi connectivity index (χ0v) is 14.5. The number of anilines is 1. The molecule has 0 aliphatic carbocycles. The number of hydrogen-bond acceptors (Lipinski definition) is 4. The lowest BCUT2D eigenvalue weighted by Crippen LogP contribution is -2.14. The number of aryl methyl sites for hydroxylation is 2. The second-order valence-electron chi connectivity index (χ2n) is 5.61. The first-order valence-corrected chi connectivity index (χ1v) is 7.80. The summed E-state index contributed by atoms with van der Waals surface area (Å²) in [7, 11) is 1.60. The third-order valence-corrected chi connectivity index (χ3v) is 3.72. The smallest absolute Gasteiger partial charge is 0.336 e. The molecule has 1 amide bonds. The Morgan fingerprint density at radius 1 is 1.04 bits per heavy atom. The molecule has 2 aromatic carbocycles. The maximum atomic E-state index is 12.4. The number of ether oxygens (including phenoxy) is 2. The summed E-state index contributed by atoms with van der Waals surface area (Å²) in [5, 5.41) is 12.0. The Kier molecular flexibility index (Phi) is 6.14. The van der Waals surface area contributed by atoms with Gasteiger partial charge in [-0.1, -0.05) is 6.07 Å². The molecule has 0 saturated carbocycles. The molecular formula is C19H21NO5. The molecule has 0 aromatic heterocycles. The van der Waals surface area contributed by atoms with Gasteiger partial charge in [-0.3, -0.25) is 4.79 Å². The third kappa shape index (κ3) is 4.81. The van der Waals surface area contributed by atoms with Gasteiger partial charge in [-0.25, -0.2) is 4.79 Å². The van der Waals surface area contributed by atoms with Crippen LogP contribution in [0.3, 0.4) is 0 Å². The van der Waals surface area contributed by atoms with Gasteiger partial charge in [-0.2, -0.15) is 0 Å². The molecule has 6 heteroatoms. The molecule has 0 radical (unpaired) electrons. The average molecular weight is 343 g/mol. The fourth-order valence-electron chi connectivity index (χ4n) is 2.36. The van der Waals surface area contributed by atoms with Crippen molar-refractivity contribution in [3.05, 3.63) is 58.7 Å². The molecule has 0 unspecified atom stereocenters. The lowest BCUT2D eigenvalue weighted by atomic mass is 10.0. The van der Waals surface area contributed by atoms with Crippen LogP contribution in [0, 0.1) is 13.8 Å². The number of nitrogens with one attached hydrogen (secondary N) is 1. The summed E-state index contributed by atoms with van der Waals surface area (Å²) in [5.41, 5.74) is 2.56. The summed E-state index contributed by atoms with van der Waals surface area (Å²) < 4.78 is 10.4. The first-order chi connectivity index (χ1) is 11.9. The Morgan fingerprint density at radius 2 is 1.72 bits per heavy atom. The van der Waals surface area contributed by atoms with Gasteiger partial charge >= 0.3 is 5.97 Å². The van der Waals surface area contributed by atoms with Crippen LogP contribution in [0.1, 0.15) is 31.8 Å². The molecule has 2 rings (SSSR count). The number of aromatic carboxylic acids is 1. The van der Waals surface area contributed by atoms with Crippen molar-refractivity contribution >= 4 is 17.6 Å². The van der Waals surface area contributed by atoms with Crippen LogP contribution in [-0.4, -0.2) is 37.3 Å². The van der Waals surface area contributed by atoms with Crippen molar-refractivity contribution in [3.8, 4) is 5.75 Å². The fourth-order valence-corrected chi connectivity index (χ4v) is 2.36. The molecule has 25 heavy (non-hydrogen) atoms. The monoisotopic (exact) mass is 343 g/mol. The second-order valence-corrected chi connectivity index (χ2v) is 5.61. The van der Waals surface area contributed by atoms with E-state index < -0.39 is 5.97 Å². The third-order valence-electron chi connectivity index (χ3n) is 3.72. The normalized spacial score (nSPS) is 10.4. The van der Waals surface area contributed by atoms with E-state index in [1.54, 1.807) is 44.4 Å². The van der Waals surface area contributed by atoms with Crippen molar-refractivity contribution in [2.45, 2.75) is 13.8 Å². The van der Waals surface area contributed by atoms with Crippen molar-refractivity contribution < 1.29 is 24.2 Å². The highest BCUT2D eigenvalue weighted by atomic mass is 16.5. The van der Waals surface area contributed by atoms with Gasteiger partial charge in [-0.15, -0.1) is 0 Å². The predicted molar refractivity (Wildman–Crippen MR) is 94.6 cm³/mol. The van der Waals surface area contributed by atoms with E-state index in [1.165, 1.54) is 6.07 Å². The van der Waals surface area contributed by atoms with E-state index in [0.29, 0.717) is 35.8 Å². The molecule has 2 N–H and O–H groups in total. The summed E-state index contributed by atoms with van der Waals surface area (Å²) >= 11 is 0. The molecule has 2 aromatic rings. The Hall–Kier alpha value is -2.86. The number of amides is 1. The number of hydrogen-bond donors (Lipinski definition) is 2. The van der Waals surface area contributed by atoms with Crippen molar-refractivity contribution in [2.75, 3.05) is 25.6 Å². The maximum Gasteiger partial charge on any atom is 0.336 e. The number of carboxylic acids is 1. The fraction of sp³-hybridized carbons (Fsp3) is 0.263. The lowest BCUT2D eigenvalue weighted by molar-refractivity contribution is 0.0695. The van der Waals surface area contributed by atoms with Gasteiger partial charge < -0.3 is 19.9 Å². The van der Waals surface area contributed by atoms with E-state index in [0.717, 1.165) is 5.56 Å². The van der Waals surface area contributed by atoms with Gasteiger partial charge in [0.05, 0.1) is 12.2 Å². The molecule has 0 spiro atoms. The molecule has 132 valence electrons. The van der Waals surface area contributed by atoms with Gasteiger partial charge in [0, 0.05) is 18.4 Å². The first-order valence-electron chi connectivity index (χ1n) is 7.80. The number of benzene rings is 2. The molecule has 0 aliphatic rings. The van der Waals surface area contributed by atoms with Crippen LogP contribution in [0.4, 0.5) is 5.69 Å². The number of methoxy groups -OCH3 is 1. The number of rotatable bonds is 7. The minimum absolute atomic E-state index is 0.169. The van der Waals surface area contributed by atoms with Crippen LogP contribution >= 0.6 is 0 Å². The predicted octanol–water partition coefficient (Wildman–Crippen LogP) is 3.28. The minimum Gasteiger partial charge on any atom is -0.491 e. The van der Waals surface area contributed by atoms with Gasteiger partial charge in [0.1, 0.15) is 12.4 Å². The van der Waals surface area contributed by atoms with Crippen molar-refractivity contribution in [2.24, 2.45) is 0 Å². The van der Waals surface area contributed by atoms with Crippen LogP contribution in [-0.2, 0) is 4.74 Å². The van der Waals surface area contributed by atoms with E-state index in [4.69, 9.17) is 9.47 Å². The van der Waals surface area contributed by atoms with Gasteiger partial charge in [-0.05, 0) is 55.3 Å². The highest BCUT2D eigenvalue weighted by Gasteiger charge is 2.13. The van der Waals surface area contributed by atoms with Gasteiger partial charge in [0.25, 0.3) is 5.91 Å². The summed E-state index contributed by atoms with van der Waals surface area (Å²) in [6, 6.07) is 9.93. The Balaban J connectivity index is 2.11. The summed E-state index contributed by atoms with van der Waals surface area (Å²) in [6.07, 6.45) is 0. The molecule has 0 heterocycles. The van der Waals surface area contributed by atoms with Crippen molar-refractivity contribution in [1.82, 2.24) is 0 Å². The second kappa shape index (κ2) is 8.30. The highest BCUT2D eigenvalue weighted by molar-refractivity contribution is 6.05. The van der Waals surface area contributed by atoms with Crippen LogP contribution in [0.15, 0.2) is 36.4 Å². The SMILES string of the molecule is COCCOc1ccc(C(=O)Nc2cc(C(=O)O)c(C)cc2C)cc1. The van der Waals surface area contributed by atoms with E-state index in [-0.39, 0.29) is 11.5 Å². The van der Waals surface area contributed by atoms with Gasteiger partial charge in [0.2, 0.25) is 0 Å². The molecule has 0 atom stereocenters. The molecule has 0 saturated heterocycles. The van der Waals surface area contributed by atoms with Crippen LogP contribution in [0.25, 0.3) is 0 Å². The summed E-state index contributed by atoms with van der Waals surface area (Å²) in [5.74, 6) is -0.689. The molecule has 0 bridgehead atoms. The molecule has 6 nitrogen and oxygen atoms in total. The van der Waals surface area contributed by atoms with Crippen LogP contribution < -0.4 is 10.1 Å². The highest BCUT2D eigenvalue weighted by Crippen LogP contribution is 2.22. The molecule has 0 fully saturated rings. The first kappa shape index (κ1) is 18.5. The van der Waals surface area contributed by atoms with Crippen LogP contribution in [0.5, 0.6) is 5.75 Å². The van der Waals surface area contributed by atoms with E-state index in [9.17, 15) is 14.7 Å². The van der Waals surface area contributed by atoms with E-state index in [1.807, 2.05) is 6.92 Å². The van der Waals surface area contributed by atoms with E-state index >= 15 is 0 Å². The Morgan fingerprint density at radius 3 is 2.32 bits per heavy atom. The molecule has 0 aliphatic heterocycles. The summed E-state index contributed by atoms with van der Waals surface area (Å²) in [4.78, 5) is 23.6. The minimum atomic E-state index is -1.02. The van der Waals surface area contributed by atoms with E-state index in [2.05, 4.69) is 5.32 Å². The largest absolute Gasteiger partial charge is 0.491 e. The maximum absolute atomic E-state index is 12.4. The van der Waals surface area contributed by atoms with Crippen molar-refractivity contribution in [1.29, 1.82) is 0 Å². The standard InChI is InChI=1S/C19H21NO5/c1-12-10-13(2)17(11-16(12)19(22)23)20-18(21)14-4-6-15(7-5-14)25-9-8-24-3/h4-7,10-11H,8-9H2,1-3H3,(H,20,21)(H,22,23). The van der Waals surface area contributed by atoms with Crippen molar-refractivity contribution in [3.63, 3.8) is 0 Å². The number of carbonyl (C=O) groups excluding carboxylic acids is 1. The van der Waals surface area contributed by atoms with Gasteiger partial charge in [0.15, 0.2) is 0 Å². The lowest BCUT2D eigenvalue weighted by Gasteiger charge is -2.12. The Bertz CT molecular complexity index is 768. The zero-order valence-electron chi connectivity index (χ0n) is 14.5.